The van der Waals surface area contributed by atoms with Gasteiger partial charge >= 0.3 is 5.97 Å². The van der Waals surface area contributed by atoms with Gasteiger partial charge in [0.15, 0.2) is 0 Å². The molecular weight excluding hydrogens is 411 g/mol. The van der Waals surface area contributed by atoms with Crippen LogP contribution in [0.5, 0.6) is 5.75 Å². The van der Waals surface area contributed by atoms with E-state index in [1.807, 2.05) is 0 Å². The molecule has 0 aliphatic carbocycles. The summed E-state index contributed by atoms with van der Waals surface area (Å²) in [5.74, 6) is -1.24. The molecule has 1 saturated heterocycles. The van der Waals surface area contributed by atoms with Crippen molar-refractivity contribution in [3.8, 4) is 5.75 Å². The van der Waals surface area contributed by atoms with Crippen molar-refractivity contribution in [2.45, 2.75) is 19.8 Å². The molecule has 1 N–H and O–H groups in total. The van der Waals surface area contributed by atoms with Crippen molar-refractivity contribution in [3.05, 3.63) is 64.4 Å². The first-order valence-corrected chi connectivity index (χ1v) is 10.0. The van der Waals surface area contributed by atoms with Gasteiger partial charge in [-0.3, -0.25) is 14.4 Å². The zero-order valence-electron chi connectivity index (χ0n) is 16.5. The topological polar surface area (TPSA) is 75.7 Å². The summed E-state index contributed by atoms with van der Waals surface area (Å²) in [5.41, 5.74) is 0.300. The summed E-state index contributed by atoms with van der Waals surface area (Å²) < 4.78 is 19.0. The van der Waals surface area contributed by atoms with Crippen molar-refractivity contribution in [3.63, 3.8) is 0 Å². The van der Waals surface area contributed by atoms with Crippen LogP contribution in [0.25, 0.3) is 0 Å². The number of ether oxygens (including phenoxy) is 1. The fourth-order valence-electron chi connectivity index (χ4n) is 3.41. The van der Waals surface area contributed by atoms with Crippen LogP contribution in [0.2, 0.25) is 5.02 Å². The van der Waals surface area contributed by atoms with Crippen molar-refractivity contribution in [2.75, 3.05) is 19.6 Å². The van der Waals surface area contributed by atoms with Gasteiger partial charge in [0.1, 0.15) is 11.6 Å². The summed E-state index contributed by atoms with van der Waals surface area (Å²) in [6.07, 6.45) is 1.37. The molecule has 0 bridgehead atoms. The lowest BCUT2D eigenvalue weighted by molar-refractivity contribution is -0.131. The predicted octanol–water partition coefficient (Wildman–Crippen LogP) is 3.69. The minimum Gasteiger partial charge on any atom is -0.427 e. The SMILES string of the molecule is CC(=O)Oc1cccc(C(=O)NCC2CCN(C(=O)c3c(F)cccc3Cl)CC2)c1. The number of halogens is 2. The van der Waals surface area contributed by atoms with E-state index < -0.39 is 17.7 Å². The third-order valence-corrected chi connectivity index (χ3v) is 5.30. The molecule has 0 unspecified atom stereocenters. The molecule has 158 valence electrons. The Bertz CT molecular complexity index is 938. The Balaban J connectivity index is 1.51. The molecule has 0 spiro atoms. The van der Waals surface area contributed by atoms with Gasteiger partial charge in [0, 0.05) is 32.1 Å². The zero-order valence-corrected chi connectivity index (χ0v) is 17.2. The Morgan fingerprint density at radius 1 is 1.17 bits per heavy atom. The van der Waals surface area contributed by atoms with Crippen LogP contribution in [-0.2, 0) is 4.79 Å². The van der Waals surface area contributed by atoms with E-state index in [0.717, 1.165) is 0 Å². The number of hydrogen-bond donors (Lipinski definition) is 1. The number of carbonyl (C=O) groups is 3. The van der Waals surface area contributed by atoms with Crippen molar-refractivity contribution in [1.82, 2.24) is 10.2 Å². The molecule has 8 heteroatoms. The summed E-state index contributed by atoms with van der Waals surface area (Å²) in [5, 5.41) is 2.98. The van der Waals surface area contributed by atoms with Crippen LogP contribution in [0.15, 0.2) is 42.5 Å². The van der Waals surface area contributed by atoms with Gasteiger partial charge in [-0.1, -0.05) is 23.7 Å². The first kappa shape index (κ1) is 21.8. The summed E-state index contributed by atoms with van der Waals surface area (Å²) in [4.78, 5) is 37.6. The third-order valence-electron chi connectivity index (χ3n) is 4.99. The Labute approximate surface area is 179 Å². The summed E-state index contributed by atoms with van der Waals surface area (Å²) in [6.45, 7) is 2.68. The van der Waals surface area contributed by atoms with Crippen LogP contribution in [-0.4, -0.2) is 42.3 Å². The molecular formula is C22H22ClFN2O4. The highest BCUT2D eigenvalue weighted by atomic mass is 35.5. The average molecular weight is 433 g/mol. The summed E-state index contributed by atoms with van der Waals surface area (Å²) in [7, 11) is 0. The van der Waals surface area contributed by atoms with Gasteiger partial charge in [-0.05, 0) is 49.1 Å². The number of amides is 2. The maximum absolute atomic E-state index is 14.0. The number of carbonyl (C=O) groups excluding carboxylic acids is 3. The molecule has 3 rings (SSSR count). The molecule has 0 saturated carbocycles. The van der Waals surface area contributed by atoms with Gasteiger partial charge in [-0.25, -0.2) is 4.39 Å². The van der Waals surface area contributed by atoms with Crippen molar-refractivity contribution < 1.29 is 23.5 Å². The van der Waals surface area contributed by atoms with Crippen molar-refractivity contribution >= 4 is 29.4 Å². The van der Waals surface area contributed by atoms with Gasteiger partial charge < -0.3 is 15.0 Å². The van der Waals surface area contributed by atoms with Crippen LogP contribution in [0.1, 0.15) is 40.5 Å². The van der Waals surface area contributed by atoms with Crippen LogP contribution >= 0.6 is 11.6 Å². The van der Waals surface area contributed by atoms with Gasteiger partial charge in [0.05, 0.1) is 10.6 Å². The largest absolute Gasteiger partial charge is 0.427 e. The molecule has 2 aromatic carbocycles. The van der Waals surface area contributed by atoms with E-state index in [1.165, 1.54) is 31.2 Å². The molecule has 0 atom stereocenters. The Hall–Kier alpha value is -2.93. The Kier molecular flexibility index (Phi) is 7.05. The highest BCUT2D eigenvalue weighted by molar-refractivity contribution is 6.33. The second-order valence-electron chi connectivity index (χ2n) is 7.16. The highest BCUT2D eigenvalue weighted by Gasteiger charge is 2.27. The van der Waals surface area contributed by atoms with Gasteiger partial charge in [0.2, 0.25) is 0 Å². The number of hydrogen-bond acceptors (Lipinski definition) is 4. The Morgan fingerprint density at radius 3 is 2.53 bits per heavy atom. The summed E-state index contributed by atoms with van der Waals surface area (Å²) in [6, 6.07) is 10.6. The Morgan fingerprint density at radius 2 is 1.87 bits per heavy atom. The fraction of sp³-hybridized carbons (Fsp3) is 0.318. The van der Waals surface area contributed by atoms with Gasteiger partial charge in [-0.2, -0.15) is 0 Å². The van der Waals surface area contributed by atoms with Crippen LogP contribution in [0.4, 0.5) is 4.39 Å². The number of esters is 1. The molecule has 30 heavy (non-hydrogen) atoms. The molecule has 2 amide bonds. The number of likely N-dealkylation sites (tertiary alicyclic amines) is 1. The molecule has 1 heterocycles. The molecule has 1 aliphatic heterocycles. The first-order chi connectivity index (χ1) is 14.3. The number of piperidine rings is 1. The summed E-state index contributed by atoms with van der Waals surface area (Å²) >= 11 is 5.99. The molecule has 6 nitrogen and oxygen atoms in total. The van der Waals surface area contributed by atoms with E-state index in [-0.39, 0.29) is 22.4 Å². The van der Waals surface area contributed by atoms with Crippen LogP contribution < -0.4 is 10.1 Å². The molecule has 0 aromatic heterocycles. The predicted molar refractivity (Wildman–Crippen MR) is 110 cm³/mol. The van der Waals surface area contributed by atoms with Gasteiger partial charge in [0.25, 0.3) is 11.8 Å². The maximum atomic E-state index is 14.0. The minimum atomic E-state index is -0.627. The highest BCUT2D eigenvalue weighted by Crippen LogP contribution is 2.24. The lowest BCUT2D eigenvalue weighted by atomic mass is 9.96. The normalized spacial score (nSPS) is 14.3. The fourth-order valence-corrected chi connectivity index (χ4v) is 3.65. The molecule has 1 aliphatic rings. The van der Waals surface area contributed by atoms with E-state index in [2.05, 4.69) is 5.32 Å². The maximum Gasteiger partial charge on any atom is 0.308 e. The van der Waals surface area contributed by atoms with E-state index in [4.69, 9.17) is 16.3 Å². The van der Waals surface area contributed by atoms with E-state index in [9.17, 15) is 18.8 Å². The van der Waals surface area contributed by atoms with Crippen molar-refractivity contribution in [1.29, 1.82) is 0 Å². The van der Waals surface area contributed by atoms with E-state index in [1.54, 1.807) is 23.1 Å². The van der Waals surface area contributed by atoms with Crippen LogP contribution in [0.3, 0.4) is 0 Å². The van der Waals surface area contributed by atoms with E-state index >= 15 is 0 Å². The van der Waals surface area contributed by atoms with E-state index in [0.29, 0.717) is 43.8 Å². The number of nitrogens with one attached hydrogen (secondary N) is 1. The third kappa shape index (κ3) is 5.36. The standard InChI is InChI=1S/C22H22ClFN2O4/c1-14(27)30-17-5-2-4-16(12-17)21(28)25-13-15-8-10-26(11-9-15)22(29)20-18(23)6-3-7-19(20)24/h2-7,12,15H,8-11,13H2,1H3,(H,25,28). The van der Waals surface area contributed by atoms with Crippen molar-refractivity contribution in [2.24, 2.45) is 5.92 Å². The number of nitrogens with zero attached hydrogens (tertiary/aromatic N) is 1. The second kappa shape index (κ2) is 9.71. The number of benzene rings is 2. The van der Waals surface area contributed by atoms with Gasteiger partial charge in [-0.15, -0.1) is 0 Å². The smallest absolute Gasteiger partial charge is 0.308 e. The molecule has 0 radical (unpaired) electrons. The average Bonchev–Trinajstić information content (AvgIpc) is 2.72. The lowest BCUT2D eigenvalue weighted by Gasteiger charge is -2.32. The quantitative estimate of drug-likeness (QED) is 0.577. The van der Waals surface area contributed by atoms with Crippen LogP contribution in [0, 0.1) is 11.7 Å². The number of rotatable bonds is 5. The second-order valence-corrected chi connectivity index (χ2v) is 7.57. The monoisotopic (exact) mass is 432 g/mol. The zero-order chi connectivity index (χ0) is 21.7. The minimum absolute atomic E-state index is 0.0985. The lowest BCUT2D eigenvalue weighted by Crippen LogP contribution is -2.42. The molecule has 2 aromatic rings. The molecule has 1 fully saturated rings. The first-order valence-electron chi connectivity index (χ1n) is 9.65.